The number of hydrogen-bond donors (Lipinski definition) is 0. The fraction of sp³-hybridized carbons (Fsp3) is 0.197. The Balaban J connectivity index is 0.00000518. The highest BCUT2D eigenvalue weighted by Crippen LogP contribution is 2.52. The minimum atomic E-state index is 0. The van der Waals surface area contributed by atoms with Gasteiger partial charge in [-0.05, 0) is 66.5 Å². The predicted octanol–water partition coefficient (Wildman–Crippen LogP) is 12.4. The Morgan fingerprint density at radius 2 is 0.781 bits per heavy atom. The number of rotatable bonds is 10. The van der Waals surface area contributed by atoms with Crippen molar-refractivity contribution in [1.29, 1.82) is 0 Å². The number of aryl methyl sites for hydroxylation is 4. The standard InChI is InChI=1S/C61H57N2.BrH/c1-38-33-51(42(5)46-21-13-9-14-22-46)58(52(34-38)43(6)47-23-15-10-16-24-47)62-37-63(61-56-41(4)30-32-50-31-29-40(3)55(57(50)56)60(61)62)59-53(44(7)48-25-17-11-18-26-48)35-39(2)36-54(59)45(8)49-27-19-12-20-28-49;/h9-37,42-45H,1-8H3;1H/q+1;/p-1. The second-order valence-corrected chi connectivity index (χ2v) is 18.3. The predicted molar refractivity (Wildman–Crippen MR) is 264 cm³/mol. The summed E-state index contributed by atoms with van der Waals surface area (Å²) in [5.74, 6) is 0.550. The average molecular weight is 898 g/mol. The summed E-state index contributed by atoms with van der Waals surface area (Å²) >= 11 is 0. The van der Waals surface area contributed by atoms with E-state index in [2.05, 4.69) is 241 Å². The number of imidazole rings is 1. The molecule has 9 aromatic rings. The van der Waals surface area contributed by atoms with Gasteiger partial charge < -0.3 is 17.0 Å². The Kier molecular flexibility index (Phi) is 11.7. The molecular weight excluding hydrogens is 841 g/mol. The van der Waals surface area contributed by atoms with Crippen LogP contribution in [0.5, 0.6) is 0 Å². The van der Waals surface area contributed by atoms with Crippen molar-refractivity contribution in [3.63, 3.8) is 0 Å². The molecule has 1 aromatic heterocycles. The van der Waals surface area contributed by atoms with Crippen LogP contribution in [0.2, 0.25) is 0 Å². The lowest BCUT2D eigenvalue weighted by Crippen LogP contribution is -3.00. The van der Waals surface area contributed by atoms with Gasteiger partial charge in [-0.15, -0.1) is 0 Å². The van der Waals surface area contributed by atoms with E-state index in [9.17, 15) is 0 Å². The number of benzene rings is 8. The lowest BCUT2D eigenvalue weighted by atomic mass is 9.83. The number of hydrogen-bond acceptors (Lipinski definition) is 0. The Bertz CT molecular complexity index is 2810. The molecule has 0 fully saturated rings. The highest BCUT2D eigenvalue weighted by molar-refractivity contribution is 6.15. The van der Waals surface area contributed by atoms with E-state index in [-0.39, 0.29) is 40.7 Å². The van der Waals surface area contributed by atoms with E-state index in [1.54, 1.807) is 0 Å². The summed E-state index contributed by atoms with van der Waals surface area (Å²) in [6, 6.07) is 63.5. The average Bonchev–Trinajstić information content (AvgIpc) is 3.88. The molecule has 0 saturated heterocycles. The first-order chi connectivity index (χ1) is 30.6. The van der Waals surface area contributed by atoms with Crippen molar-refractivity contribution >= 4 is 10.8 Å². The van der Waals surface area contributed by atoms with Gasteiger partial charge in [-0.3, -0.25) is 0 Å². The van der Waals surface area contributed by atoms with Gasteiger partial charge in [-0.1, -0.05) is 209 Å². The van der Waals surface area contributed by atoms with Crippen LogP contribution >= 0.6 is 0 Å². The van der Waals surface area contributed by atoms with Gasteiger partial charge in [0.05, 0.1) is 0 Å². The number of nitrogens with zero attached hydrogens (tertiary/aromatic N) is 2. The summed E-state index contributed by atoms with van der Waals surface area (Å²) in [4.78, 5) is 0. The molecule has 0 bridgehead atoms. The van der Waals surface area contributed by atoms with Crippen LogP contribution in [0.4, 0.5) is 0 Å². The van der Waals surface area contributed by atoms with Gasteiger partial charge in [0.25, 0.3) is 6.33 Å². The van der Waals surface area contributed by atoms with Gasteiger partial charge in [-0.25, -0.2) is 0 Å². The largest absolute Gasteiger partial charge is 1.00 e. The van der Waals surface area contributed by atoms with Crippen molar-refractivity contribution in [3.05, 3.63) is 243 Å². The van der Waals surface area contributed by atoms with Crippen molar-refractivity contribution in [3.8, 4) is 33.9 Å². The minimum absolute atomic E-state index is 0. The maximum atomic E-state index is 2.63. The number of aromatic nitrogens is 2. The Labute approximate surface area is 390 Å². The number of halogens is 1. The molecule has 1 aliphatic carbocycles. The maximum Gasteiger partial charge on any atom is 0.255 e. The molecule has 8 aromatic carbocycles. The first-order valence-corrected chi connectivity index (χ1v) is 22.8. The van der Waals surface area contributed by atoms with E-state index in [4.69, 9.17) is 0 Å². The third-order valence-corrected chi connectivity index (χ3v) is 14.2. The molecule has 318 valence electrons. The van der Waals surface area contributed by atoms with E-state index in [0.717, 1.165) is 0 Å². The third kappa shape index (κ3) is 7.24. The van der Waals surface area contributed by atoms with Crippen molar-refractivity contribution in [2.45, 2.75) is 79.1 Å². The second kappa shape index (κ2) is 17.4. The summed E-state index contributed by atoms with van der Waals surface area (Å²) in [6.45, 7) is 18.8. The normalized spacial score (nSPS) is 13.6. The molecule has 0 N–H and O–H groups in total. The van der Waals surface area contributed by atoms with E-state index < -0.39 is 0 Å². The Morgan fingerprint density at radius 1 is 0.422 bits per heavy atom. The van der Waals surface area contributed by atoms with Crippen LogP contribution in [0.3, 0.4) is 0 Å². The van der Waals surface area contributed by atoms with E-state index in [0.29, 0.717) is 0 Å². The number of fused-ring (bicyclic) bond motifs is 3. The highest BCUT2D eigenvalue weighted by atomic mass is 79.9. The molecular formula is C61H57BrN2. The molecule has 1 aliphatic rings. The van der Waals surface area contributed by atoms with Gasteiger partial charge in [0.1, 0.15) is 11.4 Å². The molecule has 0 spiro atoms. The molecule has 4 atom stereocenters. The molecule has 0 radical (unpaired) electrons. The van der Waals surface area contributed by atoms with Crippen molar-refractivity contribution < 1.29 is 21.5 Å². The highest BCUT2D eigenvalue weighted by Gasteiger charge is 2.42. The van der Waals surface area contributed by atoms with Crippen molar-refractivity contribution in [2.75, 3.05) is 0 Å². The molecule has 0 saturated carbocycles. The fourth-order valence-corrected chi connectivity index (χ4v) is 10.7. The third-order valence-electron chi connectivity index (χ3n) is 14.2. The van der Waals surface area contributed by atoms with Crippen LogP contribution in [-0.4, -0.2) is 4.57 Å². The first-order valence-electron chi connectivity index (χ1n) is 22.8. The van der Waals surface area contributed by atoms with Gasteiger partial charge in [0, 0.05) is 62.4 Å². The molecule has 2 nitrogen and oxygen atoms in total. The van der Waals surface area contributed by atoms with E-state index in [1.165, 1.54) is 111 Å². The second-order valence-electron chi connectivity index (χ2n) is 18.3. The zero-order valence-electron chi connectivity index (χ0n) is 38.3. The zero-order chi connectivity index (χ0) is 43.5. The summed E-state index contributed by atoms with van der Waals surface area (Å²) < 4.78 is 5.26. The summed E-state index contributed by atoms with van der Waals surface area (Å²) in [5, 5.41) is 2.64. The van der Waals surface area contributed by atoms with Crippen molar-refractivity contribution in [1.82, 2.24) is 4.57 Å². The SMILES string of the molecule is Cc1cc(C(C)c2ccccc2)c(-n2c[n+](-c3c(C(C)c4ccccc4)cc(C)cc3C(C)c3ccccc3)c3c2-c2c(C)ccc4ccc(C)c-3c24)c(C(C)c2ccccc2)c1.[Br-]. The Morgan fingerprint density at radius 3 is 1.19 bits per heavy atom. The molecule has 0 aliphatic heterocycles. The van der Waals surface area contributed by atoms with E-state index in [1.807, 2.05) is 0 Å². The summed E-state index contributed by atoms with van der Waals surface area (Å²) in [5.41, 5.74) is 23.5. The molecule has 64 heavy (non-hydrogen) atoms. The molecule has 10 rings (SSSR count). The molecule has 3 heteroatoms. The van der Waals surface area contributed by atoms with Crippen LogP contribution < -0.4 is 21.5 Å². The van der Waals surface area contributed by atoms with E-state index >= 15 is 0 Å². The van der Waals surface area contributed by atoms with Gasteiger partial charge >= 0.3 is 0 Å². The summed E-state index contributed by atoms with van der Waals surface area (Å²) in [6.07, 6.45) is 2.48. The van der Waals surface area contributed by atoms with Crippen LogP contribution in [0.15, 0.2) is 176 Å². The van der Waals surface area contributed by atoms with Gasteiger partial charge in [0.2, 0.25) is 0 Å². The smallest absolute Gasteiger partial charge is 0.255 e. The van der Waals surface area contributed by atoms with Gasteiger partial charge in [-0.2, -0.15) is 9.13 Å². The Hall–Kier alpha value is -6.29. The van der Waals surface area contributed by atoms with Crippen LogP contribution in [0.25, 0.3) is 44.7 Å². The lowest BCUT2D eigenvalue weighted by molar-refractivity contribution is -0.584. The zero-order valence-corrected chi connectivity index (χ0v) is 39.9. The quantitative estimate of drug-likeness (QED) is 0.121. The fourth-order valence-electron chi connectivity index (χ4n) is 10.7. The minimum Gasteiger partial charge on any atom is -1.00 e. The topological polar surface area (TPSA) is 8.81 Å². The molecule has 0 amide bonds. The van der Waals surface area contributed by atoms with Crippen LogP contribution in [-0.2, 0) is 0 Å². The van der Waals surface area contributed by atoms with Crippen LogP contribution in [0, 0.1) is 27.7 Å². The summed E-state index contributed by atoms with van der Waals surface area (Å²) in [7, 11) is 0. The van der Waals surface area contributed by atoms with Crippen LogP contribution in [0.1, 0.15) is 118 Å². The lowest BCUT2D eigenvalue weighted by Gasteiger charge is -2.24. The van der Waals surface area contributed by atoms with Gasteiger partial charge in [0.15, 0.2) is 11.4 Å². The van der Waals surface area contributed by atoms with Crippen molar-refractivity contribution in [2.24, 2.45) is 0 Å². The first kappa shape index (κ1) is 43.0. The molecule has 1 heterocycles. The monoisotopic (exact) mass is 896 g/mol. The molecule has 4 unspecified atom stereocenters. The maximum absolute atomic E-state index is 2.63.